The fourth-order valence-electron chi connectivity index (χ4n) is 1.87. The van der Waals surface area contributed by atoms with Crippen molar-refractivity contribution in [2.75, 3.05) is 17.3 Å². The van der Waals surface area contributed by atoms with Crippen LogP contribution in [-0.4, -0.2) is 23.4 Å². The van der Waals surface area contributed by atoms with Gasteiger partial charge in [0.25, 0.3) is 0 Å². The third kappa shape index (κ3) is 4.36. The summed E-state index contributed by atoms with van der Waals surface area (Å²) in [6.07, 6.45) is 1.32. The first kappa shape index (κ1) is 16.2. The van der Waals surface area contributed by atoms with Crippen LogP contribution in [0.15, 0.2) is 24.3 Å². The summed E-state index contributed by atoms with van der Waals surface area (Å²) in [6.45, 7) is 7.07. The van der Waals surface area contributed by atoms with Crippen LogP contribution in [0.4, 0.5) is 0 Å². The molecule has 0 bridgehead atoms. The van der Waals surface area contributed by atoms with E-state index in [9.17, 15) is 0 Å². The first-order valence-corrected chi connectivity index (χ1v) is 8.59. The van der Waals surface area contributed by atoms with E-state index in [1.807, 2.05) is 0 Å². The normalized spacial score (nSPS) is 12.1. The zero-order valence-corrected chi connectivity index (χ0v) is 14.6. The van der Waals surface area contributed by atoms with E-state index in [4.69, 9.17) is 4.74 Å². The minimum atomic E-state index is 0.114. The molecule has 1 rings (SSSR count). The molecule has 0 saturated carbocycles. The molecule has 0 heterocycles. The van der Waals surface area contributed by atoms with Crippen LogP contribution in [0.25, 0.3) is 0 Å². The standard InChI is InChI=1S/C15H22Br2O/c1-12(2)18-9-8-15(10-16,11-17)14-6-4-13(3)5-7-14/h4-7,12H,8-11H2,1-3H3. The van der Waals surface area contributed by atoms with Gasteiger partial charge in [0.2, 0.25) is 0 Å². The van der Waals surface area contributed by atoms with Gasteiger partial charge in [-0.05, 0) is 32.8 Å². The minimum Gasteiger partial charge on any atom is -0.379 e. The molecule has 18 heavy (non-hydrogen) atoms. The highest BCUT2D eigenvalue weighted by Gasteiger charge is 2.29. The monoisotopic (exact) mass is 376 g/mol. The molecule has 0 fully saturated rings. The van der Waals surface area contributed by atoms with Crippen molar-refractivity contribution in [3.05, 3.63) is 35.4 Å². The lowest BCUT2D eigenvalue weighted by Gasteiger charge is -2.31. The maximum Gasteiger partial charge on any atom is 0.0518 e. The van der Waals surface area contributed by atoms with Crippen molar-refractivity contribution in [1.29, 1.82) is 0 Å². The molecule has 3 heteroatoms. The molecule has 0 N–H and O–H groups in total. The molecule has 0 atom stereocenters. The highest BCUT2D eigenvalue weighted by molar-refractivity contribution is 9.09. The van der Waals surface area contributed by atoms with Crippen LogP contribution < -0.4 is 0 Å². The quantitative estimate of drug-likeness (QED) is 0.618. The van der Waals surface area contributed by atoms with Gasteiger partial charge in [-0.2, -0.15) is 0 Å². The molecule has 0 spiro atoms. The highest BCUT2D eigenvalue weighted by atomic mass is 79.9. The SMILES string of the molecule is Cc1ccc(C(CBr)(CBr)CCOC(C)C)cc1. The Labute approximate surface area is 128 Å². The van der Waals surface area contributed by atoms with E-state index in [2.05, 4.69) is 76.9 Å². The first-order chi connectivity index (χ1) is 8.54. The highest BCUT2D eigenvalue weighted by Crippen LogP contribution is 2.32. The van der Waals surface area contributed by atoms with Gasteiger partial charge in [-0.15, -0.1) is 0 Å². The zero-order valence-electron chi connectivity index (χ0n) is 11.4. The Morgan fingerprint density at radius 2 is 1.67 bits per heavy atom. The van der Waals surface area contributed by atoms with Crippen molar-refractivity contribution < 1.29 is 4.74 Å². The summed E-state index contributed by atoms with van der Waals surface area (Å²) in [5.74, 6) is 0. The number of ether oxygens (including phenoxy) is 1. The third-order valence-electron chi connectivity index (χ3n) is 3.21. The lowest BCUT2D eigenvalue weighted by atomic mass is 9.81. The lowest BCUT2D eigenvalue weighted by Crippen LogP contribution is -2.32. The third-order valence-corrected chi connectivity index (χ3v) is 5.35. The lowest BCUT2D eigenvalue weighted by molar-refractivity contribution is 0.0682. The molecule has 1 aromatic carbocycles. The van der Waals surface area contributed by atoms with Crippen molar-refractivity contribution in [3.63, 3.8) is 0 Å². The second kappa shape index (κ2) is 7.66. The Kier molecular flexibility index (Phi) is 6.89. The number of halogens is 2. The fourth-order valence-corrected chi connectivity index (χ4v) is 4.00. The van der Waals surface area contributed by atoms with Crippen molar-refractivity contribution >= 4 is 31.9 Å². The van der Waals surface area contributed by atoms with E-state index in [1.54, 1.807) is 0 Å². The number of rotatable bonds is 7. The number of benzene rings is 1. The second-order valence-electron chi connectivity index (χ2n) is 5.08. The van der Waals surface area contributed by atoms with Gasteiger partial charge >= 0.3 is 0 Å². The van der Waals surface area contributed by atoms with E-state index in [-0.39, 0.29) is 5.41 Å². The van der Waals surface area contributed by atoms with Crippen LogP contribution in [0.2, 0.25) is 0 Å². The molecule has 0 aliphatic heterocycles. The maximum absolute atomic E-state index is 5.70. The summed E-state index contributed by atoms with van der Waals surface area (Å²) in [7, 11) is 0. The molecular weight excluding hydrogens is 356 g/mol. The largest absolute Gasteiger partial charge is 0.379 e. The maximum atomic E-state index is 5.70. The second-order valence-corrected chi connectivity index (χ2v) is 6.20. The van der Waals surface area contributed by atoms with E-state index in [0.717, 1.165) is 23.7 Å². The van der Waals surface area contributed by atoms with Crippen molar-refractivity contribution in [1.82, 2.24) is 0 Å². The van der Waals surface area contributed by atoms with Gasteiger partial charge in [0.15, 0.2) is 0 Å². The van der Waals surface area contributed by atoms with E-state index in [0.29, 0.717) is 6.10 Å². The predicted octanol–water partition coefficient (Wildman–Crippen LogP) is 4.84. The number of hydrogen-bond donors (Lipinski definition) is 0. The topological polar surface area (TPSA) is 9.23 Å². The van der Waals surface area contributed by atoms with Gasteiger partial charge in [-0.3, -0.25) is 0 Å². The van der Waals surface area contributed by atoms with Crippen LogP contribution >= 0.6 is 31.9 Å². The van der Waals surface area contributed by atoms with Crippen molar-refractivity contribution in [2.45, 2.75) is 38.7 Å². The minimum absolute atomic E-state index is 0.114. The molecule has 102 valence electrons. The predicted molar refractivity (Wildman–Crippen MR) is 86.2 cm³/mol. The van der Waals surface area contributed by atoms with Crippen LogP contribution in [-0.2, 0) is 10.2 Å². The molecule has 1 nitrogen and oxygen atoms in total. The molecule has 1 aromatic rings. The molecule has 0 aliphatic rings. The molecule has 0 radical (unpaired) electrons. The summed E-state index contributed by atoms with van der Waals surface area (Å²) < 4.78 is 5.70. The molecule has 0 aliphatic carbocycles. The van der Waals surface area contributed by atoms with E-state index in [1.165, 1.54) is 11.1 Å². The van der Waals surface area contributed by atoms with Gasteiger partial charge in [0.05, 0.1) is 6.10 Å². The van der Waals surface area contributed by atoms with Gasteiger partial charge in [0, 0.05) is 22.7 Å². The summed E-state index contributed by atoms with van der Waals surface area (Å²) >= 11 is 7.34. The summed E-state index contributed by atoms with van der Waals surface area (Å²) in [4.78, 5) is 0. The van der Waals surface area contributed by atoms with Gasteiger partial charge in [-0.25, -0.2) is 0 Å². The van der Waals surface area contributed by atoms with Gasteiger partial charge in [-0.1, -0.05) is 61.7 Å². The number of aryl methyl sites for hydroxylation is 1. The van der Waals surface area contributed by atoms with Gasteiger partial charge < -0.3 is 4.74 Å². The van der Waals surface area contributed by atoms with Crippen LogP contribution in [0, 0.1) is 6.92 Å². The number of alkyl halides is 2. The molecular formula is C15H22Br2O. The molecule has 0 saturated heterocycles. The Hall–Kier alpha value is 0.140. The van der Waals surface area contributed by atoms with Crippen LogP contribution in [0.3, 0.4) is 0 Å². The Morgan fingerprint density at radius 3 is 2.11 bits per heavy atom. The smallest absolute Gasteiger partial charge is 0.0518 e. The Bertz CT molecular complexity index is 342. The summed E-state index contributed by atoms with van der Waals surface area (Å²) in [5, 5.41) is 1.88. The zero-order chi connectivity index (χ0) is 13.6. The van der Waals surface area contributed by atoms with Crippen molar-refractivity contribution in [3.8, 4) is 0 Å². The molecule has 0 aromatic heterocycles. The molecule has 0 amide bonds. The van der Waals surface area contributed by atoms with E-state index < -0.39 is 0 Å². The number of hydrogen-bond acceptors (Lipinski definition) is 1. The van der Waals surface area contributed by atoms with Crippen LogP contribution in [0.5, 0.6) is 0 Å². The van der Waals surface area contributed by atoms with Crippen molar-refractivity contribution in [2.24, 2.45) is 0 Å². The first-order valence-electron chi connectivity index (χ1n) is 6.35. The Balaban J connectivity index is 2.81. The average molecular weight is 378 g/mol. The fraction of sp³-hybridized carbons (Fsp3) is 0.600. The molecule has 0 unspecified atom stereocenters. The summed E-state index contributed by atoms with van der Waals surface area (Å²) in [6, 6.07) is 8.82. The van der Waals surface area contributed by atoms with Crippen LogP contribution in [0.1, 0.15) is 31.4 Å². The van der Waals surface area contributed by atoms with E-state index >= 15 is 0 Å². The Morgan fingerprint density at radius 1 is 1.11 bits per heavy atom. The summed E-state index contributed by atoms with van der Waals surface area (Å²) in [5.41, 5.74) is 2.78. The average Bonchev–Trinajstić information content (AvgIpc) is 2.36. The van der Waals surface area contributed by atoms with Gasteiger partial charge in [0.1, 0.15) is 0 Å².